The first kappa shape index (κ1) is 17.7. The molecule has 0 fully saturated rings. The second-order valence-electron chi connectivity index (χ2n) is 4.93. The predicted octanol–water partition coefficient (Wildman–Crippen LogP) is 2.29. The summed E-state index contributed by atoms with van der Waals surface area (Å²) in [6.07, 6.45) is -0.939. The molecule has 1 N–H and O–H groups in total. The van der Waals surface area contributed by atoms with Crippen LogP contribution in [0.25, 0.3) is 0 Å². The van der Waals surface area contributed by atoms with Crippen molar-refractivity contribution in [2.45, 2.75) is 31.8 Å². The second-order valence-corrected chi connectivity index (χ2v) is 7.46. The molecule has 0 saturated heterocycles. The van der Waals surface area contributed by atoms with Crippen LogP contribution >= 0.6 is 10.7 Å². The molecule has 0 spiro atoms. The van der Waals surface area contributed by atoms with Gasteiger partial charge in [-0.15, -0.1) is 0 Å². The van der Waals surface area contributed by atoms with Crippen LogP contribution in [0.3, 0.4) is 0 Å². The normalized spacial score (nSPS) is 13.0. The molecule has 0 aliphatic heterocycles. The van der Waals surface area contributed by atoms with Crippen LogP contribution in [0, 0.1) is 11.7 Å². The summed E-state index contributed by atoms with van der Waals surface area (Å²) in [6, 6.07) is 2.90. The molecule has 5 nitrogen and oxygen atoms in total. The number of hydrogen-bond donors (Lipinski definition) is 1. The highest BCUT2D eigenvalue weighted by Gasteiger charge is 2.22. The fourth-order valence-corrected chi connectivity index (χ4v) is 2.43. The zero-order valence-corrected chi connectivity index (χ0v) is 13.5. The van der Waals surface area contributed by atoms with Crippen molar-refractivity contribution >= 4 is 25.6 Å². The number of hydrogen-bond acceptors (Lipinski definition) is 4. The van der Waals surface area contributed by atoms with Crippen LogP contribution in [0.5, 0.6) is 5.75 Å². The first-order valence-corrected chi connectivity index (χ1v) is 8.60. The fraction of sp³-hybridized carbons (Fsp3) is 0.462. The Morgan fingerprint density at radius 2 is 2.00 bits per heavy atom. The molecular weight excluding hydrogens is 321 g/mol. The molecule has 1 aromatic carbocycles. The van der Waals surface area contributed by atoms with E-state index in [-0.39, 0.29) is 11.7 Å². The number of halogens is 2. The van der Waals surface area contributed by atoms with Gasteiger partial charge < -0.3 is 10.1 Å². The molecule has 1 rings (SSSR count). The van der Waals surface area contributed by atoms with Gasteiger partial charge in [0, 0.05) is 17.2 Å². The Kier molecular flexibility index (Phi) is 5.98. The SMILES string of the molecule is CC(C)CNC(=O)C(C)Oc1ccc(F)cc1S(=O)(=O)Cl. The summed E-state index contributed by atoms with van der Waals surface area (Å²) in [6.45, 7) is 5.80. The van der Waals surface area contributed by atoms with Gasteiger partial charge in [0.25, 0.3) is 15.0 Å². The Morgan fingerprint density at radius 1 is 1.38 bits per heavy atom. The van der Waals surface area contributed by atoms with Gasteiger partial charge in [0.2, 0.25) is 0 Å². The largest absolute Gasteiger partial charge is 0.479 e. The van der Waals surface area contributed by atoms with Crippen LogP contribution in [0.15, 0.2) is 23.1 Å². The maximum absolute atomic E-state index is 13.1. The highest BCUT2D eigenvalue weighted by Crippen LogP contribution is 2.28. The molecule has 0 heterocycles. The summed E-state index contributed by atoms with van der Waals surface area (Å²) in [5.41, 5.74) is 0. The standard InChI is InChI=1S/C13H17ClFNO4S/c1-8(2)7-16-13(17)9(3)20-11-5-4-10(15)6-12(11)21(14,18)19/h4-6,8-9H,7H2,1-3H3,(H,16,17). The minimum absolute atomic E-state index is 0.168. The molecular formula is C13H17ClFNO4S. The quantitative estimate of drug-likeness (QED) is 0.808. The molecule has 118 valence electrons. The van der Waals surface area contributed by atoms with E-state index in [1.54, 1.807) is 0 Å². The van der Waals surface area contributed by atoms with Gasteiger partial charge in [-0.2, -0.15) is 0 Å². The molecule has 0 radical (unpaired) electrons. The summed E-state index contributed by atoms with van der Waals surface area (Å²) >= 11 is 0. The van der Waals surface area contributed by atoms with Crippen LogP contribution in [0.2, 0.25) is 0 Å². The summed E-state index contributed by atoms with van der Waals surface area (Å²) in [4.78, 5) is 11.3. The third-order valence-corrected chi connectivity index (χ3v) is 3.87. The highest BCUT2D eigenvalue weighted by molar-refractivity contribution is 8.13. The zero-order chi connectivity index (χ0) is 16.2. The molecule has 0 saturated carbocycles. The van der Waals surface area contributed by atoms with Gasteiger partial charge in [-0.25, -0.2) is 12.8 Å². The van der Waals surface area contributed by atoms with Gasteiger partial charge in [-0.1, -0.05) is 13.8 Å². The molecule has 0 bridgehead atoms. The third-order valence-electron chi connectivity index (χ3n) is 2.53. The van der Waals surface area contributed by atoms with Crippen LogP contribution in [-0.2, 0) is 13.8 Å². The third kappa shape index (κ3) is 5.51. The number of benzene rings is 1. The molecule has 0 aromatic heterocycles. The van der Waals surface area contributed by atoms with Crippen molar-refractivity contribution < 1.29 is 22.3 Å². The lowest BCUT2D eigenvalue weighted by atomic mass is 10.2. The summed E-state index contributed by atoms with van der Waals surface area (Å²) in [7, 11) is 1.05. The van der Waals surface area contributed by atoms with E-state index in [0.717, 1.165) is 18.2 Å². The lowest BCUT2D eigenvalue weighted by Gasteiger charge is -2.17. The zero-order valence-electron chi connectivity index (χ0n) is 11.9. The maximum atomic E-state index is 13.1. The van der Waals surface area contributed by atoms with Crippen LogP contribution in [0.1, 0.15) is 20.8 Å². The molecule has 21 heavy (non-hydrogen) atoms. The molecule has 0 aliphatic rings. The number of rotatable bonds is 6. The van der Waals surface area contributed by atoms with Crippen LogP contribution in [0.4, 0.5) is 4.39 Å². The van der Waals surface area contributed by atoms with Crippen molar-refractivity contribution in [1.82, 2.24) is 5.32 Å². The average Bonchev–Trinajstić information content (AvgIpc) is 2.36. The maximum Gasteiger partial charge on any atom is 0.265 e. The van der Waals surface area contributed by atoms with E-state index in [4.69, 9.17) is 15.4 Å². The summed E-state index contributed by atoms with van der Waals surface area (Å²) in [5.74, 6) is -1.06. The average molecular weight is 338 g/mol. The monoisotopic (exact) mass is 337 g/mol. The van der Waals surface area contributed by atoms with Crippen molar-refractivity contribution in [3.05, 3.63) is 24.0 Å². The van der Waals surface area contributed by atoms with Gasteiger partial charge in [0.15, 0.2) is 6.10 Å². The van der Waals surface area contributed by atoms with E-state index in [1.807, 2.05) is 13.8 Å². The van der Waals surface area contributed by atoms with Gasteiger partial charge in [0.05, 0.1) is 0 Å². The number of carbonyl (C=O) groups is 1. The van der Waals surface area contributed by atoms with Crippen LogP contribution in [-0.4, -0.2) is 27.0 Å². The van der Waals surface area contributed by atoms with Gasteiger partial charge in [0.1, 0.15) is 16.5 Å². The second kappa shape index (κ2) is 7.09. The first-order chi connectivity index (χ1) is 9.61. The molecule has 1 aromatic rings. The van der Waals surface area contributed by atoms with Crippen molar-refractivity contribution in [2.75, 3.05) is 6.54 Å². The van der Waals surface area contributed by atoms with Crippen molar-refractivity contribution in [3.8, 4) is 5.75 Å². The molecule has 1 atom stereocenters. The highest BCUT2D eigenvalue weighted by atomic mass is 35.7. The topological polar surface area (TPSA) is 72.5 Å². The predicted molar refractivity (Wildman–Crippen MR) is 77.4 cm³/mol. The number of carbonyl (C=O) groups excluding carboxylic acids is 1. The number of ether oxygens (including phenoxy) is 1. The fourth-order valence-electron chi connectivity index (χ4n) is 1.46. The molecule has 1 unspecified atom stereocenters. The van der Waals surface area contributed by atoms with E-state index in [9.17, 15) is 17.6 Å². The van der Waals surface area contributed by atoms with E-state index in [0.29, 0.717) is 6.54 Å². The first-order valence-electron chi connectivity index (χ1n) is 6.30. The Balaban J connectivity index is 2.90. The minimum Gasteiger partial charge on any atom is -0.479 e. The Bertz CT molecular complexity index is 619. The van der Waals surface area contributed by atoms with Crippen molar-refractivity contribution in [3.63, 3.8) is 0 Å². The Morgan fingerprint density at radius 3 is 2.52 bits per heavy atom. The summed E-state index contributed by atoms with van der Waals surface area (Å²) in [5, 5.41) is 2.65. The molecule has 0 aliphatic carbocycles. The number of nitrogens with one attached hydrogen (secondary N) is 1. The van der Waals surface area contributed by atoms with E-state index in [2.05, 4.69) is 5.32 Å². The van der Waals surface area contributed by atoms with Gasteiger partial charge >= 0.3 is 0 Å². The molecule has 1 amide bonds. The summed E-state index contributed by atoms with van der Waals surface area (Å²) < 4.78 is 41.2. The lowest BCUT2D eigenvalue weighted by Crippen LogP contribution is -2.38. The van der Waals surface area contributed by atoms with Gasteiger partial charge in [-0.05, 0) is 31.0 Å². The molecule has 8 heteroatoms. The Labute approximate surface area is 127 Å². The van der Waals surface area contributed by atoms with Crippen molar-refractivity contribution in [1.29, 1.82) is 0 Å². The van der Waals surface area contributed by atoms with E-state index < -0.39 is 31.8 Å². The van der Waals surface area contributed by atoms with E-state index in [1.165, 1.54) is 6.92 Å². The lowest BCUT2D eigenvalue weighted by molar-refractivity contribution is -0.127. The van der Waals surface area contributed by atoms with Crippen LogP contribution < -0.4 is 10.1 Å². The Hall–Kier alpha value is -1.34. The van der Waals surface area contributed by atoms with Crippen molar-refractivity contribution in [2.24, 2.45) is 5.92 Å². The van der Waals surface area contributed by atoms with Gasteiger partial charge in [-0.3, -0.25) is 4.79 Å². The smallest absolute Gasteiger partial charge is 0.265 e. The minimum atomic E-state index is -4.18. The number of amides is 1. The van der Waals surface area contributed by atoms with E-state index >= 15 is 0 Å².